The van der Waals surface area contributed by atoms with Crippen molar-refractivity contribution in [3.63, 3.8) is 0 Å². The van der Waals surface area contributed by atoms with Crippen LogP contribution in [0.1, 0.15) is 11.3 Å². The Morgan fingerprint density at radius 2 is 2.24 bits per heavy atom. The van der Waals surface area contributed by atoms with Gasteiger partial charge in [-0.2, -0.15) is 5.26 Å². The zero-order valence-electron chi connectivity index (χ0n) is 11.5. The zero-order valence-corrected chi connectivity index (χ0v) is 11.5. The van der Waals surface area contributed by atoms with Crippen LogP contribution in [0.15, 0.2) is 36.5 Å². The van der Waals surface area contributed by atoms with E-state index in [1.54, 1.807) is 30.3 Å². The number of pyridine rings is 1. The molecule has 0 aliphatic carbocycles. The zero-order chi connectivity index (χ0) is 15.2. The van der Waals surface area contributed by atoms with Crippen LogP contribution in [0.2, 0.25) is 0 Å². The second kappa shape index (κ2) is 6.39. The van der Waals surface area contributed by atoms with Crippen molar-refractivity contribution in [2.75, 3.05) is 18.2 Å². The number of benzene rings is 1. The lowest BCUT2D eigenvalue weighted by Crippen LogP contribution is -2.15. The number of nitrogens with zero attached hydrogens (tertiary/aromatic N) is 2. The lowest BCUT2D eigenvalue weighted by Gasteiger charge is -2.10. The third-order valence-corrected chi connectivity index (χ3v) is 2.79. The number of anilines is 2. The molecule has 0 aliphatic heterocycles. The van der Waals surface area contributed by atoms with Crippen molar-refractivity contribution in [3.8, 4) is 11.8 Å². The fraction of sp³-hybridized carbons (Fsp3) is 0.133. The van der Waals surface area contributed by atoms with Crippen molar-refractivity contribution in [1.29, 1.82) is 5.26 Å². The van der Waals surface area contributed by atoms with Crippen LogP contribution in [-0.4, -0.2) is 18.0 Å². The molecule has 6 nitrogen and oxygen atoms in total. The van der Waals surface area contributed by atoms with Crippen molar-refractivity contribution >= 4 is 17.3 Å². The van der Waals surface area contributed by atoms with E-state index in [2.05, 4.69) is 10.3 Å². The molecular weight excluding hydrogens is 268 g/mol. The molecule has 0 saturated carbocycles. The van der Waals surface area contributed by atoms with Crippen molar-refractivity contribution in [2.45, 2.75) is 6.42 Å². The van der Waals surface area contributed by atoms with Crippen LogP contribution in [0.4, 0.5) is 11.4 Å². The second-order valence-corrected chi connectivity index (χ2v) is 4.33. The fourth-order valence-electron chi connectivity index (χ4n) is 1.76. The summed E-state index contributed by atoms with van der Waals surface area (Å²) in [6.45, 7) is 0. The van der Waals surface area contributed by atoms with Crippen molar-refractivity contribution in [3.05, 3.63) is 47.8 Å². The topological polar surface area (TPSA) is 101 Å². The lowest BCUT2D eigenvalue weighted by atomic mass is 10.2. The number of ether oxygens (including phenoxy) is 1. The summed E-state index contributed by atoms with van der Waals surface area (Å²) < 4.78 is 5.16. The molecule has 0 unspecified atom stereocenters. The van der Waals surface area contributed by atoms with E-state index >= 15 is 0 Å². The van der Waals surface area contributed by atoms with Gasteiger partial charge in [0.25, 0.3) is 0 Å². The van der Waals surface area contributed by atoms with Crippen LogP contribution in [-0.2, 0) is 11.2 Å². The normalized spacial score (nSPS) is 9.71. The fourth-order valence-corrected chi connectivity index (χ4v) is 1.76. The third-order valence-electron chi connectivity index (χ3n) is 2.79. The quantitative estimate of drug-likeness (QED) is 0.889. The molecule has 1 amide bonds. The Morgan fingerprint density at radius 3 is 2.86 bits per heavy atom. The molecular formula is C15H14N4O2. The minimum absolute atomic E-state index is 0.128. The minimum atomic E-state index is -0.227. The Hall–Kier alpha value is -3.07. The maximum absolute atomic E-state index is 12.0. The Labute approximate surface area is 122 Å². The van der Waals surface area contributed by atoms with Gasteiger partial charge in [0, 0.05) is 11.8 Å². The van der Waals surface area contributed by atoms with Gasteiger partial charge in [-0.25, -0.2) is 0 Å². The summed E-state index contributed by atoms with van der Waals surface area (Å²) in [6, 6.07) is 10.2. The highest BCUT2D eigenvalue weighted by atomic mass is 16.5. The first-order valence-electron chi connectivity index (χ1n) is 6.21. The van der Waals surface area contributed by atoms with E-state index in [-0.39, 0.29) is 12.3 Å². The molecule has 2 aromatic rings. The number of carbonyl (C=O) groups excluding carboxylic acids is 1. The highest BCUT2D eigenvalue weighted by molar-refractivity contribution is 5.93. The number of amides is 1. The number of carbonyl (C=O) groups is 1. The first kappa shape index (κ1) is 14.3. The Morgan fingerprint density at radius 1 is 1.43 bits per heavy atom. The first-order chi connectivity index (χ1) is 10.1. The van der Waals surface area contributed by atoms with E-state index in [9.17, 15) is 4.79 Å². The molecule has 1 aromatic carbocycles. The number of rotatable bonds is 4. The Kier molecular flexibility index (Phi) is 4.36. The van der Waals surface area contributed by atoms with Gasteiger partial charge in [-0.05, 0) is 24.3 Å². The number of methoxy groups -OCH3 is 1. The molecule has 0 spiro atoms. The molecule has 6 heteroatoms. The summed E-state index contributed by atoms with van der Waals surface area (Å²) in [6.07, 6.45) is 1.63. The summed E-state index contributed by atoms with van der Waals surface area (Å²) >= 11 is 0. The summed E-state index contributed by atoms with van der Waals surface area (Å²) in [4.78, 5) is 16.1. The Balaban J connectivity index is 2.09. The number of hydrogen-bond acceptors (Lipinski definition) is 5. The van der Waals surface area contributed by atoms with Crippen molar-refractivity contribution in [1.82, 2.24) is 4.98 Å². The molecule has 0 radical (unpaired) electrons. The molecule has 0 aliphatic rings. The molecule has 0 saturated heterocycles. The average Bonchev–Trinajstić information content (AvgIpc) is 2.50. The van der Waals surface area contributed by atoms with Gasteiger partial charge in [0.1, 0.15) is 5.75 Å². The number of nitrogen functional groups attached to an aromatic ring is 1. The highest BCUT2D eigenvalue weighted by Gasteiger charge is 2.10. The summed E-state index contributed by atoms with van der Waals surface area (Å²) in [5.41, 5.74) is 7.68. The second-order valence-electron chi connectivity index (χ2n) is 4.33. The molecule has 106 valence electrons. The van der Waals surface area contributed by atoms with E-state index in [1.165, 1.54) is 13.3 Å². The lowest BCUT2D eigenvalue weighted by molar-refractivity contribution is -0.115. The van der Waals surface area contributed by atoms with Gasteiger partial charge in [-0.1, -0.05) is 0 Å². The molecule has 2 rings (SSSR count). The van der Waals surface area contributed by atoms with Crippen molar-refractivity contribution < 1.29 is 9.53 Å². The number of nitrogens with two attached hydrogens (primary N) is 1. The van der Waals surface area contributed by atoms with Gasteiger partial charge in [-0.3, -0.25) is 9.78 Å². The summed E-state index contributed by atoms with van der Waals surface area (Å²) in [5, 5.41) is 11.6. The third kappa shape index (κ3) is 3.70. The molecule has 21 heavy (non-hydrogen) atoms. The smallest absolute Gasteiger partial charge is 0.230 e. The Bertz CT molecular complexity index is 690. The first-order valence-corrected chi connectivity index (χ1v) is 6.21. The average molecular weight is 282 g/mol. The molecule has 0 atom stereocenters. The molecule has 1 aromatic heterocycles. The predicted molar refractivity (Wildman–Crippen MR) is 78.7 cm³/mol. The molecule has 3 N–H and O–H groups in total. The number of aromatic nitrogens is 1. The van der Waals surface area contributed by atoms with Gasteiger partial charge in [-0.15, -0.1) is 0 Å². The number of nitrogens with one attached hydrogen (secondary N) is 1. The van der Waals surface area contributed by atoms with Crippen LogP contribution >= 0.6 is 0 Å². The molecule has 0 bridgehead atoms. The highest BCUT2D eigenvalue weighted by Crippen LogP contribution is 2.25. The predicted octanol–water partition coefficient (Wildman–Crippen LogP) is 1.73. The van der Waals surface area contributed by atoms with Crippen LogP contribution in [0, 0.1) is 11.3 Å². The van der Waals surface area contributed by atoms with Gasteiger partial charge in [0.05, 0.1) is 42.7 Å². The number of nitriles is 1. The van der Waals surface area contributed by atoms with Crippen LogP contribution in [0.25, 0.3) is 0 Å². The number of hydrogen-bond donors (Lipinski definition) is 2. The maximum atomic E-state index is 12.0. The van der Waals surface area contributed by atoms with Crippen LogP contribution in [0.3, 0.4) is 0 Å². The van der Waals surface area contributed by atoms with Gasteiger partial charge in [0.15, 0.2) is 0 Å². The van der Waals surface area contributed by atoms with Crippen LogP contribution in [0.5, 0.6) is 5.75 Å². The van der Waals surface area contributed by atoms with E-state index < -0.39 is 0 Å². The molecule has 0 fully saturated rings. The van der Waals surface area contributed by atoms with Crippen molar-refractivity contribution in [2.24, 2.45) is 0 Å². The largest absolute Gasteiger partial charge is 0.495 e. The standard InChI is InChI=1S/C15H14N4O2/c1-21-14-6-10(8-16)2-5-13(14)19-15(20)7-12-4-3-11(17)9-18-12/h2-6,9H,7,17H2,1H3,(H,19,20). The van der Waals surface area contributed by atoms with Gasteiger partial charge in [0.2, 0.25) is 5.91 Å². The van der Waals surface area contributed by atoms with Crippen LogP contribution < -0.4 is 15.8 Å². The van der Waals surface area contributed by atoms with E-state index in [1.807, 2.05) is 6.07 Å². The van der Waals surface area contributed by atoms with Gasteiger partial charge < -0.3 is 15.8 Å². The van der Waals surface area contributed by atoms with E-state index in [0.717, 1.165) is 0 Å². The van der Waals surface area contributed by atoms with Gasteiger partial charge >= 0.3 is 0 Å². The monoisotopic (exact) mass is 282 g/mol. The molecule has 1 heterocycles. The minimum Gasteiger partial charge on any atom is -0.495 e. The SMILES string of the molecule is COc1cc(C#N)ccc1NC(=O)Cc1ccc(N)cn1. The van der Waals surface area contributed by atoms with E-state index in [4.69, 9.17) is 15.7 Å². The summed E-state index contributed by atoms with van der Waals surface area (Å²) in [7, 11) is 1.48. The maximum Gasteiger partial charge on any atom is 0.230 e. The summed E-state index contributed by atoms with van der Waals surface area (Å²) in [5.74, 6) is 0.211. The van der Waals surface area contributed by atoms with E-state index in [0.29, 0.717) is 28.4 Å².